The van der Waals surface area contributed by atoms with E-state index in [1.165, 1.54) is 18.6 Å². The Hall–Kier alpha value is -3.86. The molecule has 0 aliphatic carbocycles. The minimum absolute atomic E-state index is 0.180. The highest BCUT2D eigenvalue weighted by atomic mass is 16.4. The van der Waals surface area contributed by atoms with Crippen molar-refractivity contribution in [1.82, 2.24) is 0 Å². The van der Waals surface area contributed by atoms with Crippen LogP contribution in [0.3, 0.4) is 0 Å². The summed E-state index contributed by atoms with van der Waals surface area (Å²) >= 11 is 0. The lowest BCUT2D eigenvalue weighted by molar-refractivity contribution is 0.101. The molecule has 0 saturated carbocycles. The quantitative estimate of drug-likeness (QED) is 0.317. The molecule has 0 unspecified atom stereocenters. The summed E-state index contributed by atoms with van der Waals surface area (Å²) in [6.07, 6.45) is 2.82. The van der Waals surface area contributed by atoms with Crippen molar-refractivity contribution in [2.24, 2.45) is 0 Å². The van der Waals surface area contributed by atoms with Crippen molar-refractivity contribution in [2.45, 2.75) is 6.92 Å². The van der Waals surface area contributed by atoms with Gasteiger partial charge in [0.1, 0.15) is 17.4 Å². The first-order chi connectivity index (χ1) is 13.6. The van der Waals surface area contributed by atoms with Crippen LogP contribution in [0.1, 0.15) is 21.7 Å². The first-order valence-electron chi connectivity index (χ1n) is 8.76. The molecule has 5 heteroatoms. The van der Waals surface area contributed by atoms with Crippen molar-refractivity contribution in [3.05, 3.63) is 94.4 Å². The molecule has 5 nitrogen and oxygen atoms in total. The van der Waals surface area contributed by atoms with Gasteiger partial charge in [0, 0.05) is 17.0 Å². The number of furan rings is 2. The third-order valence-corrected chi connectivity index (χ3v) is 4.82. The van der Waals surface area contributed by atoms with E-state index in [0.29, 0.717) is 27.7 Å². The lowest BCUT2D eigenvalue weighted by atomic mass is 9.97. The number of fused-ring (bicyclic) bond motifs is 3. The second kappa shape index (κ2) is 6.09. The minimum atomic E-state index is -0.444. The lowest BCUT2D eigenvalue weighted by Gasteiger charge is -2.05. The molecule has 0 bridgehead atoms. The van der Waals surface area contributed by atoms with E-state index in [0.717, 1.165) is 16.5 Å². The molecular weight excluding hydrogens is 356 g/mol. The number of carbonyl (C=O) groups is 1. The van der Waals surface area contributed by atoms with Gasteiger partial charge in [0.25, 0.3) is 0 Å². The molecule has 136 valence electrons. The van der Waals surface area contributed by atoms with E-state index in [4.69, 9.17) is 13.3 Å². The Kier molecular flexibility index (Phi) is 3.55. The predicted molar refractivity (Wildman–Crippen MR) is 105 cm³/mol. The van der Waals surface area contributed by atoms with Crippen molar-refractivity contribution in [3.8, 4) is 11.1 Å². The number of aryl methyl sites for hydroxylation is 1. The zero-order valence-corrected chi connectivity index (χ0v) is 14.9. The lowest BCUT2D eigenvalue weighted by Crippen LogP contribution is -2.00. The van der Waals surface area contributed by atoms with Crippen LogP contribution in [0.4, 0.5) is 0 Å². The number of hydrogen-bond donors (Lipinski definition) is 0. The number of benzene rings is 2. The van der Waals surface area contributed by atoms with Gasteiger partial charge in [0.15, 0.2) is 5.76 Å². The third kappa shape index (κ3) is 2.41. The summed E-state index contributed by atoms with van der Waals surface area (Å²) in [5, 5.41) is 1.41. The van der Waals surface area contributed by atoms with Gasteiger partial charge >= 0.3 is 5.63 Å². The summed E-state index contributed by atoms with van der Waals surface area (Å²) in [6.45, 7) is 1.85. The van der Waals surface area contributed by atoms with Crippen LogP contribution < -0.4 is 5.63 Å². The predicted octanol–water partition coefficient (Wildman–Crippen LogP) is 5.34. The fourth-order valence-electron chi connectivity index (χ4n) is 3.53. The van der Waals surface area contributed by atoms with Crippen LogP contribution in [0.25, 0.3) is 33.1 Å². The summed E-state index contributed by atoms with van der Waals surface area (Å²) in [5.41, 5.74) is 3.03. The summed E-state index contributed by atoms with van der Waals surface area (Å²) in [7, 11) is 0. The fourth-order valence-corrected chi connectivity index (χ4v) is 3.53. The normalized spacial score (nSPS) is 11.3. The molecule has 0 aliphatic heterocycles. The molecule has 0 N–H and O–H groups in total. The Bertz CT molecular complexity index is 1390. The van der Waals surface area contributed by atoms with E-state index in [9.17, 15) is 9.59 Å². The Morgan fingerprint density at radius 2 is 1.79 bits per heavy atom. The zero-order valence-electron chi connectivity index (χ0n) is 14.9. The van der Waals surface area contributed by atoms with Crippen molar-refractivity contribution >= 4 is 27.7 Å². The second-order valence-electron chi connectivity index (χ2n) is 6.58. The second-order valence-corrected chi connectivity index (χ2v) is 6.58. The molecule has 3 aromatic heterocycles. The van der Waals surface area contributed by atoms with E-state index in [-0.39, 0.29) is 11.5 Å². The van der Waals surface area contributed by atoms with Gasteiger partial charge < -0.3 is 13.3 Å². The van der Waals surface area contributed by atoms with Crippen LogP contribution in [-0.4, -0.2) is 5.78 Å². The van der Waals surface area contributed by atoms with E-state index in [2.05, 4.69) is 0 Å². The summed E-state index contributed by atoms with van der Waals surface area (Å²) in [5.74, 6) is -0.119. The SMILES string of the molecule is Cc1cc(=O)oc2c1ccc1oc(C(=O)c3ccoc3)c(-c3ccccc3)c12. The average molecular weight is 370 g/mol. The fraction of sp³-hybridized carbons (Fsp3) is 0.0435. The topological polar surface area (TPSA) is 73.6 Å². The molecule has 0 atom stereocenters. The van der Waals surface area contributed by atoms with Crippen molar-refractivity contribution in [2.75, 3.05) is 0 Å². The molecule has 3 heterocycles. The van der Waals surface area contributed by atoms with Gasteiger partial charge in [-0.3, -0.25) is 4.79 Å². The van der Waals surface area contributed by atoms with Gasteiger partial charge in [0.2, 0.25) is 5.78 Å². The molecule has 5 aromatic rings. The molecular formula is C23H14O5. The van der Waals surface area contributed by atoms with E-state index in [1.807, 2.05) is 43.3 Å². The minimum Gasteiger partial charge on any atom is -0.472 e. The Labute approximate surface area is 158 Å². The number of hydrogen-bond acceptors (Lipinski definition) is 5. The maximum absolute atomic E-state index is 13.1. The molecule has 0 spiro atoms. The van der Waals surface area contributed by atoms with Crippen LogP contribution in [0.15, 0.2) is 85.2 Å². The first-order valence-corrected chi connectivity index (χ1v) is 8.76. The largest absolute Gasteiger partial charge is 0.472 e. The molecule has 0 aliphatic rings. The average Bonchev–Trinajstić information content (AvgIpc) is 3.36. The summed E-state index contributed by atoms with van der Waals surface area (Å²) in [6, 6.07) is 16.1. The summed E-state index contributed by atoms with van der Waals surface area (Å²) < 4.78 is 16.6. The van der Waals surface area contributed by atoms with Gasteiger partial charge in [-0.2, -0.15) is 0 Å². The first kappa shape index (κ1) is 16.3. The highest BCUT2D eigenvalue weighted by Crippen LogP contribution is 2.40. The molecule has 2 aromatic carbocycles. The van der Waals surface area contributed by atoms with Crippen molar-refractivity contribution < 1.29 is 18.0 Å². The Balaban J connectivity index is 1.95. The maximum atomic E-state index is 13.1. The van der Waals surface area contributed by atoms with Crippen LogP contribution >= 0.6 is 0 Å². The Morgan fingerprint density at radius 1 is 0.964 bits per heavy atom. The van der Waals surface area contributed by atoms with Gasteiger partial charge in [-0.15, -0.1) is 0 Å². The van der Waals surface area contributed by atoms with E-state index < -0.39 is 5.63 Å². The molecule has 28 heavy (non-hydrogen) atoms. The van der Waals surface area contributed by atoms with Crippen molar-refractivity contribution in [1.29, 1.82) is 0 Å². The van der Waals surface area contributed by atoms with Crippen molar-refractivity contribution in [3.63, 3.8) is 0 Å². The standard InChI is InChI=1S/C23H14O5/c1-13-11-18(24)28-22-16(13)7-8-17-20(22)19(14-5-3-2-4-6-14)23(27-17)21(25)15-9-10-26-12-15/h2-12H,1H3. The highest BCUT2D eigenvalue weighted by Gasteiger charge is 2.26. The molecule has 0 fully saturated rings. The number of carbonyl (C=O) groups excluding carboxylic acids is 1. The van der Waals surface area contributed by atoms with Gasteiger partial charge in [-0.25, -0.2) is 4.79 Å². The van der Waals surface area contributed by atoms with E-state index >= 15 is 0 Å². The van der Waals surface area contributed by atoms with Gasteiger partial charge in [-0.05, 0) is 36.2 Å². The van der Waals surface area contributed by atoms with E-state index in [1.54, 1.807) is 12.1 Å². The monoisotopic (exact) mass is 370 g/mol. The van der Waals surface area contributed by atoms with Crippen LogP contribution in [-0.2, 0) is 0 Å². The number of rotatable bonds is 3. The molecule has 0 radical (unpaired) electrons. The smallest absolute Gasteiger partial charge is 0.336 e. The summed E-state index contributed by atoms with van der Waals surface area (Å²) in [4.78, 5) is 25.1. The Morgan fingerprint density at radius 3 is 2.54 bits per heavy atom. The molecule has 5 rings (SSSR count). The maximum Gasteiger partial charge on any atom is 0.336 e. The molecule has 0 amide bonds. The highest BCUT2D eigenvalue weighted by molar-refractivity contribution is 6.20. The van der Waals surface area contributed by atoms with Crippen LogP contribution in [0.2, 0.25) is 0 Å². The van der Waals surface area contributed by atoms with Gasteiger partial charge in [0.05, 0.1) is 17.2 Å². The van der Waals surface area contributed by atoms with Crippen LogP contribution in [0, 0.1) is 6.92 Å². The number of ketones is 1. The zero-order chi connectivity index (χ0) is 19.3. The third-order valence-electron chi connectivity index (χ3n) is 4.82. The van der Waals surface area contributed by atoms with Crippen LogP contribution in [0.5, 0.6) is 0 Å². The molecule has 0 saturated heterocycles. The van der Waals surface area contributed by atoms with Gasteiger partial charge in [-0.1, -0.05) is 30.3 Å².